The van der Waals surface area contributed by atoms with Crippen molar-refractivity contribution in [2.24, 2.45) is 4.99 Å². The van der Waals surface area contributed by atoms with Crippen LogP contribution in [-0.4, -0.2) is 23.8 Å². The van der Waals surface area contributed by atoms with Crippen molar-refractivity contribution in [2.75, 3.05) is 6.61 Å². The van der Waals surface area contributed by atoms with E-state index in [2.05, 4.69) is 44.7 Å². The lowest BCUT2D eigenvalue weighted by Gasteiger charge is -2.44. The fourth-order valence-electron chi connectivity index (χ4n) is 4.68. The van der Waals surface area contributed by atoms with Crippen LogP contribution in [0.15, 0.2) is 66.2 Å². The Kier molecular flexibility index (Phi) is 4.06. The number of carbonyl (C=O) groups is 1. The maximum atomic E-state index is 13.0. The molecule has 2 aromatic carbocycles. The quantitative estimate of drug-likeness (QED) is 0.716. The number of aliphatic imine (C=N–C) groups is 1. The monoisotopic (exact) mass is 359 g/mol. The Morgan fingerprint density at radius 1 is 1.19 bits per heavy atom. The molecule has 27 heavy (non-hydrogen) atoms. The second-order valence-electron chi connectivity index (χ2n) is 8.16. The molecule has 2 aliphatic rings. The van der Waals surface area contributed by atoms with Crippen LogP contribution in [0.1, 0.15) is 44.2 Å². The number of hydrogen-bond donors (Lipinski definition) is 0. The largest absolute Gasteiger partial charge is 0.478 e. The number of hydrogen-bond acceptors (Lipinski definition) is 3. The average molecular weight is 359 g/mol. The molecule has 3 nitrogen and oxygen atoms in total. The van der Waals surface area contributed by atoms with Gasteiger partial charge in [-0.15, -0.1) is 6.58 Å². The molecule has 2 aromatic rings. The molecule has 0 saturated heterocycles. The third-order valence-electron chi connectivity index (χ3n) is 5.68. The number of fused-ring (bicyclic) bond motifs is 3. The minimum absolute atomic E-state index is 0.120. The first kappa shape index (κ1) is 17.7. The van der Waals surface area contributed by atoms with Gasteiger partial charge in [-0.3, -0.25) is 4.79 Å². The second-order valence-corrected chi connectivity index (χ2v) is 8.16. The van der Waals surface area contributed by atoms with Gasteiger partial charge in [-0.2, -0.15) is 0 Å². The summed E-state index contributed by atoms with van der Waals surface area (Å²) in [6.07, 6.45) is 2.48. The van der Waals surface area contributed by atoms with Crippen LogP contribution in [0.2, 0.25) is 0 Å². The number of rotatable bonds is 4. The number of allylic oxidation sites excluding steroid dienone is 1. The predicted octanol–water partition coefficient (Wildman–Crippen LogP) is 5.06. The Morgan fingerprint density at radius 2 is 1.85 bits per heavy atom. The third-order valence-corrected chi connectivity index (χ3v) is 5.68. The zero-order chi connectivity index (χ0) is 19.2. The highest BCUT2D eigenvalue weighted by atomic mass is 16.5. The van der Waals surface area contributed by atoms with E-state index in [9.17, 15) is 4.79 Å². The molecule has 0 unspecified atom stereocenters. The number of carbonyl (C=O) groups excluding carboxylic acids is 1. The van der Waals surface area contributed by atoms with Gasteiger partial charge in [-0.25, -0.2) is 4.99 Å². The topological polar surface area (TPSA) is 38.7 Å². The van der Waals surface area contributed by atoms with Crippen LogP contribution in [-0.2, 0) is 14.9 Å². The van der Waals surface area contributed by atoms with Crippen molar-refractivity contribution < 1.29 is 9.53 Å². The zero-order valence-corrected chi connectivity index (χ0v) is 16.2. The van der Waals surface area contributed by atoms with Gasteiger partial charge in [0.1, 0.15) is 12.4 Å². The number of Topliss-reactive ketones (excluding diaryl/α,β-unsaturated/α-hetero) is 1. The van der Waals surface area contributed by atoms with E-state index in [-0.39, 0.29) is 17.2 Å². The molecular weight excluding hydrogens is 334 g/mol. The molecule has 0 fully saturated rings. The molecule has 3 heteroatoms. The SMILES string of the molecule is C=CC[C@]1(C2=NC(C)(C)CO2)c2ccccc2-c2ccccc2[C@H]1C(C)=O. The molecule has 0 spiro atoms. The fourth-order valence-corrected chi connectivity index (χ4v) is 4.68. The highest BCUT2D eigenvalue weighted by Crippen LogP contribution is 2.54. The summed E-state index contributed by atoms with van der Waals surface area (Å²) in [5.41, 5.74) is 3.44. The number of ether oxygens (including phenoxy) is 1. The standard InChI is InChI=1S/C24H25NO2/c1-5-14-24(22-25-23(3,4)15-27-22)20-13-9-8-11-18(20)17-10-6-7-12-19(17)21(24)16(2)26/h5-13,21H,1,14-15H2,2-4H3/t21-,24+/m1/s1. The molecule has 0 N–H and O–H groups in total. The Labute approximate surface area is 160 Å². The normalized spacial score (nSPS) is 25.0. The van der Waals surface area contributed by atoms with Gasteiger partial charge in [0.25, 0.3) is 0 Å². The van der Waals surface area contributed by atoms with Crippen molar-refractivity contribution >= 4 is 11.7 Å². The molecule has 1 aliphatic heterocycles. The minimum Gasteiger partial charge on any atom is -0.478 e. The van der Waals surface area contributed by atoms with Crippen molar-refractivity contribution in [3.8, 4) is 11.1 Å². The number of ketones is 1. The Bertz CT molecular complexity index is 956. The average Bonchev–Trinajstić information content (AvgIpc) is 3.02. The summed E-state index contributed by atoms with van der Waals surface area (Å²) in [4.78, 5) is 18.0. The molecule has 0 radical (unpaired) electrons. The number of nitrogens with zero attached hydrogens (tertiary/aromatic N) is 1. The van der Waals surface area contributed by atoms with Crippen molar-refractivity contribution in [2.45, 2.75) is 44.1 Å². The molecule has 0 amide bonds. The van der Waals surface area contributed by atoms with Gasteiger partial charge >= 0.3 is 0 Å². The number of benzene rings is 2. The zero-order valence-electron chi connectivity index (χ0n) is 16.2. The van der Waals surface area contributed by atoms with Crippen LogP contribution in [0.3, 0.4) is 0 Å². The minimum atomic E-state index is -0.660. The Morgan fingerprint density at radius 3 is 2.48 bits per heavy atom. The summed E-state index contributed by atoms with van der Waals surface area (Å²) in [7, 11) is 0. The van der Waals surface area contributed by atoms with Gasteiger partial charge in [-0.1, -0.05) is 54.6 Å². The van der Waals surface area contributed by atoms with Crippen molar-refractivity contribution in [1.82, 2.24) is 0 Å². The highest BCUT2D eigenvalue weighted by molar-refractivity contribution is 6.03. The van der Waals surface area contributed by atoms with Crippen LogP contribution in [0.25, 0.3) is 11.1 Å². The lowest BCUT2D eigenvalue weighted by Crippen LogP contribution is -2.47. The summed E-state index contributed by atoms with van der Waals surface area (Å²) in [5, 5.41) is 0. The molecular formula is C24H25NO2. The highest BCUT2D eigenvalue weighted by Gasteiger charge is 2.54. The first-order valence-electron chi connectivity index (χ1n) is 9.44. The molecule has 1 aliphatic carbocycles. The fraction of sp³-hybridized carbons (Fsp3) is 0.333. The predicted molar refractivity (Wildman–Crippen MR) is 109 cm³/mol. The molecule has 0 aromatic heterocycles. The maximum absolute atomic E-state index is 13.0. The molecule has 2 atom stereocenters. The van der Waals surface area contributed by atoms with Gasteiger partial charge in [0.05, 0.1) is 16.9 Å². The van der Waals surface area contributed by atoms with E-state index in [1.54, 1.807) is 6.92 Å². The van der Waals surface area contributed by atoms with Gasteiger partial charge < -0.3 is 4.74 Å². The van der Waals surface area contributed by atoms with Crippen molar-refractivity contribution in [1.29, 1.82) is 0 Å². The van der Waals surface area contributed by atoms with Crippen LogP contribution in [0.5, 0.6) is 0 Å². The molecule has 138 valence electrons. The summed E-state index contributed by atoms with van der Waals surface area (Å²) in [5.74, 6) is 0.429. The Hall–Kier alpha value is -2.68. The van der Waals surface area contributed by atoms with Gasteiger partial charge in [0.2, 0.25) is 0 Å². The maximum Gasteiger partial charge on any atom is 0.196 e. The van der Waals surface area contributed by atoms with Crippen LogP contribution in [0, 0.1) is 0 Å². The van der Waals surface area contributed by atoms with Gasteiger partial charge in [0, 0.05) is 0 Å². The first-order chi connectivity index (χ1) is 12.9. The van der Waals surface area contributed by atoms with E-state index >= 15 is 0 Å². The van der Waals surface area contributed by atoms with Crippen molar-refractivity contribution in [3.63, 3.8) is 0 Å². The van der Waals surface area contributed by atoms with E-state index in [4.69, 9.17) is 9.73 Å². The molecule has 1 heterocycles. The molecule has 0 bridgehead atoms. The summed E-state index contributed by atoms with van der Waals surface area (Å²) < 4.78 is 6.17. The van der Waals surface area contributed by atoms with E-state index < -0.39 is 5.41 Å². The summed E-state index contributed by atoms with van der Waals surface area (Å²) >= 11 is 0. The van der Waals surface area contributed by atoms with Crippen LogP contribution >= 0.6 is 0 Å². The van der Waals surface area contributed by atoms with E-state index in [0.717, 1.165) is 22.3 Å². The third kappa shape index (κ3) is 2.56. The molecule has 0 saturated carbocycles. The van der Waals surface area contributed by atoms with Crippen LogP contribution < -0.4 is 0 Å². The summed E-state index contributed by atoms with van der Waals surface area (Å²) in [6.45, 7) is 10.3. The first-order valence-corrected chi connectivity index (χ1v) is 9.44. The van der Waals surface area contributed by atoms with Crippen LogP contribution in [0.4, 0.5) is 0 Å². The van der Waals surface area contributed by atoms with E-state index in [1.165, 1.54) is 0 Å². The van der Waals surface area contributed by atoms with E-state index in [0.29, 0.717) is 18.9 Å². The smallest absolute Gasteiger partial charge is 0.196 e. The summed E-state index contributed by atoms with van der Waals surface area (Å²) in [6, 6.07) is 16.5. The van der Waals surface area contributed by atoms with Gasteiger partial charge in [0.15, 0.2) is 5.90 Å². The lowest BCUT2D eigenvalue weighted by molar-refractivity contribution is -0.119. The molecule has 4 rings (SSSR count). The van der Waals surface area contributed by atoms with Crippen molar-refractivity contribution in [3.05, 3.63) is 72.3 Å². The lowest BCUT2D eigenvalue weighted by atomic mass is 9.58. The Balaban J connectivity index is 2.10. The van der Waals surface area contributed by atoms with Gasteiger partial charge in [-0.05, 0) is 49.4 Å². The second kappa shape index (κ2) is 6.19. The van der Waals surface area contributed by atoms with E-state index in [1.807, 2.05) is 30.3 Å².